The number of hydrogen-bond donors (Lipinski definition) is 1. The molecule has 1 saturated heterocycles. The molecule has 2 N–H and O–H groups in total. The first kappa shape index (κ1) is 12.4. The molecule has 1 fully saturated rings. The van der Waals surface area contributed by atoms with Crippen LogP contribution in [0.2, 0.25) is 0 Å². The van der Waals surface area contributed by atoms with Gasteiger partial charge in [-0.15, -0.1) is 0 Å². The van der Waals surface area contributed by atoms with Crippen molar-refractivity contribution in [3.63, 3.8) is 0 Å². The first-order chi connectivity index (χ1) is 6.62. The van der Waals surface area contributed by atoms with Gasteiger partial charge in [0, 0.05) is 12.5 Å². The van der Waals surface area contributed by atoms with Crippen LogP contribution in [0.1, 0.15) is 20.8 Å². The van der Waals surface area contributed by atoms with Crippen molar-refractivity contribution < 1.29 is 13.2 Å². The predicted molar refractivity (Wildman–Crippen MR) is 60.7 cm³/mol. The number of rotatable bonds is 3. The summed E-state index contributed by atoms with van der Waals surface area (Å²) in [5, 5.41) is 0. The Morgan fingerprint density at radius 2 is 2.07 bits per heavy atom. The van der Waals surface area contributed by atoms with Crippen molar-refractivity contribution in [2.75, 3.05) is 6.54 Å². The molecule has 0 radical (unpaired) electrons. The van der Waals surface area contributed by atoms with Crippen molar-refractivity contribution in [1.29, 1.82) is 0 Å². The summed E-state index contributed by atoms with van der Waals surface area (Å²) in [5.74, 6) is -0.694. The smallest absolute Gasteiger partial charge is 0.258 e. The molecule has 1 heterocycles. The Morgan fingerprint density at radius 3 is 2.40 bits per heavy atom. The monoisotopic (exact) mass is 250 g/mol. The van der Waals surface area contributed by atoms with Crippen LogP contribution in [0.25, 0.3) is 0 Å². The van der Waals surface area contributed by atoms with Crippen LogP contribution in [0.4, 0.5) is 0 Å². The largest absolute Gasteiger partial charge is 0.393 e. The van der Waals surface area contributed by atoms with Gasteiger partial charge in [-0.25, -0.2) is 12.7 Å². The number of carbonyl (C=O) groups excluding carboxylic acids is 1. The third-order valence-corrected chi connectivity index (χ3v) is 5.36. The van der Waals surface area contributed by atoms with Crippen LogP contribution in [0.5, 0.6) is 0 Å². The van der Waals surface area contributed by atoms with E-state index in [1.165, 1.54) is 13.8 Å². The number of nitrogens with zero attached hydrogens (tertiary/aromatic N) is 1. The zero-order valence-electron chi connectivity index (χ0n) is 8.85. The number of sulfonamides is 1. The molecule has 1 rings (SSSR count). The van der Waals surface area contributed by atoms with Crippen LogP contribution in [0.3, 0.4) is 0 Å². The zero-order valence-corrected chi connectivity index (χ0v) is 10.5. The van der Waals surface area contributed by atoms with Crippen molar-refractivity contribution >= 4 is 33.1 Å². The Balaban J connectivity index is 2.85. The highest BCUT2D eigenvalue weighted by Gasteiger charge is 2.60. The Bertz CT molecular complexity index is 414. The fourth-order valence-corrected chi connectivity index (χ4v) is 2.97. The lowest BCUT2D eigenvalue weighted by molar-refractivity contribution is -0.132. The van der Waals surface area contributed by atoms with E-state index in [2.05, 4.69) is 0 Å². The molecule has 1 aliphatic heterocycles. The fraction of sp³-hybridized carbons (Fsp3) is 0.750. The third kappa shape index (κ3) is 1.63. The molecule has 0 bridgehead atoms. The first-order valence-electron chi connectivity index (χ1n) is 4.48. The minimum Gasteiger partial charge on any atom is -0.393 e. The van der Waals surface area contributed by atoms with Crippen LogP contribution in [0.15, 0.2) is 0 Å². The van der Waals surface area contributed by atoms with Gasteiger partial charge in [-0.2, -0.15) is 0 Å². The van der Waals surface area contributed by atoms with Crippen LogP contribution >= 0.6 is 12.2 Å². The van der Waals surface area contributed by atoms with Gasteiger partial charge in [0.15, 0.2) is 4.75 Å². The van der Waals surface area contributed by atoms with Crippen LogP contribution in [-0.2, 0) is 14.8 Å². The molecule has 15 heavy (non-hydrogen) atoms. The van der Waals surface area contributed by atoms with Crippen molar-refractivity contribution in [2.45, 2.75) is 25.5 Å². The van der Waals surface area contributed by atoms with Gasteiger partial charge in [0.05, 0.1) is 4.99 Å². The summed E-state index contributed by atoms with van der Waals surface area (Å²) in [5.41, 5.74) is 5.36. The van der Waals surface area contributed by atoms with E-state index in [9.17, 15) is 13.2 Å². The quantitative estimate of drug-likeness (QED) is 0.705. The molecule has 1 amide bonds. The summed E-state index contributed by atoms with van der Waals surface area (Å²) in [6, 6.07) is 0. The number of thiocarbonyl (C=S) groups is 1. The first-order valence-corrected chi connectivity index (χ1v) is 6.33. The molecule has 0 aromatic rings. The highest BCUT2D eigenvalue weighted by atomic mass is 32.2. The van der Waals surface area contributed by atoms with Gasteiger partial charge in [-0.3, -0.25) is 4.79 Å². The summed E-state index contributed by atoms with van der Waals surface area (Å²) in [6.45, 7) is 4.52. The second kappa shape index (κ2) is 3.41. The van der Waals surface area contributed by atoms with E-state index in [4.69, 9.17) is 18.0 Å². The van der Waals surface area contributed by atoms with Crippen molar-refractivity contribution in [3.05, 3.63) is 0 Å². The van der Waals surface area contributed by atoms with Crippen LogP contribution in [0, 0.1) is 5.92 Å². The molecule has 86 valence electrons. The maximum Gasteiger partial charge on any atom is 0.258 e. The number of carbonyl (C=O) groups is 1. The third-order valence-electron chi connectivity index (χ3n) is 2.60. The number of amides is 1. The Labute approximate surface area is 94.7 Å². The SMILES string of the molecule is CC(CN1C(=O)C(C)(C)S1(=O)=O)C(N)=S. The van der Waals surface area contributed by atoms with Crippen LogP contribution < -0.4 is 5.73 Å². The minimum atomic E-state index is -3.51. The Kier molecular flexibility index (Phi) is 2.82. The van der Waals surface area contributed by atoms with E-state index in [0.717, 1.165) is 4.31 Å². The molecule has 0 saturated carbocycles. The molecular weight excluding hydrogens is 236 g/mol. The molecule has 7 heteroatoms. The lowest BCUT2D eigenvalue weighted by Crippen LogP contribution is -2.68. The summed E-state index contributed by atoms with van der Waals surface area (Å²) in [4.78, 5) is 11.7. The van der Waals surface area contributed by atoms with Gasteiger partial charge in [0.2, 0.25) is 0 Å². The maximum atomic E-state index is 11.7. The molecule has 1 aliphatic rings. The molecule has 1 atom stereocenters. The van der Waals surface area contributed by atoms with Gasteiger partial charge in [-0.1, -0.05) is 19.1 Å². The summed E-state index contributed by atoms with van der Waals surface area (Å²) < 4.78 is 22.9. The van der Waals surface area contributed by atoms with Gasteiger partial charge < -0.3 is 5.73 Å². The van der Waals surface area contributed by atoms with E-state index in [-0.39, 0.29) is 17.5 Å². The molecule has 1 unspecified atom stereocenters. The normalized spacial score (nSPS) is 24.5. The average Bonchev–Trinajstić information content (AvgIpc) is 2.11. The summed E-state index contributed by atoms with van der Waals surface area (Å²) in [6.07, 6.45) is 0. The standard InChI is InChI=1S/C8H14N2O3S2/c1-5(6(9)14)4-10-7(11)8(2,3)15(10,12)13/h5H,4H2,1-3H3,(H2,9,14). The number of hydrogen-bond acceptors (Lipinski definition) is 4. The van der Waals surface area contributed by atoms with E-state index in [1.54, 1.807) is 6.92 Å². The summed E-state index contributed by atoms with van der Waals surface area (Å²) in [7, 11) is -3.51. The lowest BCUT2D eigenvalue weighted by Gasteiger charge is -2.43. The van der Waals surface area contributed by atoms with Gasteiger partial charge in [0.25, 0.3) is 15.9 Å². The maximum absolute atomic E-state index is 11.7. The molecule has 0 aromatic carbocycles. The van der Waals surface area contributed by atoms with Crippen molar-refractivity contribution in [2.24, 2.45) is 11.7 Å². The molecule has 0 aromatic heterocycles. The lowest BCUT2D eigenvalue weighted by atomic mass is 10.1. The minimum absolute atomic E-state index is 0.0416. The van der Waals surface area contributed by atoms with Gasteiger partial charge in [-0.05, 0) is 13.8 Å². The highest BCUT2D eigenvalue weighted by Crippen LogP contribution is 2.35. The van der Waals surface area contributed by atoms with Crippen LogP contribution in [-0.4, -0.2) is 34.9 Å². The second-order valence-corrected chi connectivity index (χ2v) is 7.04. The number of nitrogens with two attached hydrogens (primary N) is 1. The molecular formula is C8H14N2O3S2. The van der Waals surface area contributed by atoms with E-state index in [0.29, 0.717) is 0 Å². The zero-order chi connectivity index (χ0) is 12.0. The van der Waals surface area contributed by atoms with E-state index < -0.39 is 20.7 Å². The fourth-order valence-electron chi connectivity index (χ4n) is 1.28. The molecule has 0 spiro atoms. The highest BCUT2D eigenvalue weighted by molar-refractivity contribution is 7.94. The van der Waals surface area contributed by atoms with E-state index in [1.807, 2.05) is 0 Å². The predicted octanol–water partition coefficient (Wildman–Crippen LogP) is -0.141. The Hall–Kier alpha value is -0.690. The van der Waals surface area contributed by atoms with Crippen molar-refractivity contribution in [3.8, 4) is 0 Å². The molecule has 0 aliphatic carbocycles. The second-order valence-electron chi connectivity index (χ2n) is 4.16. The molecule has 5 nitrogen and oxygen atoms in total. The Morgan fingerprint density at radius 1 is 1.60 bits per heavy atom. The van der Waals surface area contributed by atoms with E-state index >= 15 is 0 Å². The van der Waals surface area contributed by atoms with Gasteiger partial charge in [0.1, 0.15) is 0 Å². The summed E-state index contributed by atoms with van der Waals surface area (Å²) >= 11 is 4.72. The topological polar surface area (TPSA) is 80.5 Å². The van der Waals surface area contributed by atoms with Gasteiger partial charge >= 0.3 is 0 Å². The van der Waals surface area contributed by atoms with Crippen molar-refractivity contribution in [1.82, 2.24) is 4.31 Å². The average molecular weight is 250 g/mol.